The quantitative estimate of drug-likeness (QED) is 0.545. The van der Waals surface area contributed by atoms with E-state index in [-0.39, 0.29) is 0 Å². The van der Waals surface area contributed by atoms with E-state index in [4.69, 9.17) is 0 Å². The van der Waals surface area contributed by atoms with Gasteiger partial charge in [0.1, 0.15) is 0 Å². The molecule has 0 radical (unpaired) electrons. The Morgan fingerprint density at radius 2 is 2.10 bits per heavy atom. The highest BCUT2D eigenvalue weighted by Gasteiger charge is 2.01. The fraction of sp³-hybridized carbons (Fsp3) is 0.143. The van der Waals surface area contributed by atoms with Gasteiger partial charge < -0.3 is 0 Å². The summed E-state index contributed by atoms with van der Waals surface area (Å²) in [5, 5.41) is 0. The first-order chi connectivity index (χ1) is 4.63. The first-order valence-corrected chi connectivity index (χ1v) is 5.08. The van der Waals surface area contributed by atoms with E-state index < -0.39 is 0 Å². The molecule has 1 aromatic rings. The Bertz CT molecular complexity index is 233. The van der Waals surface area contributed by atoms with Crippen LogP contribution in [0.15, 0.2) is 21.5 Å². The molecular formula is C7H6BrIS. The summed E-state index contributed by atoms with van der Waals surface area (Å²) in [7, 11) is 0. The van der Waals surface area contributed by atoms with E-state index >= 15 is 0 Å². The molecule has 0 heterocycles. The summed E-state index contributed by atoms with van der Waals surface area (Å²) in [5.41, 5.74) is 1.23. The summed E-state index contributed by atoms with van der Waals surface area (Å²) >= 11 is 10.0. The van der Waals surface area contributed by atoms with Gasteiger partial charge >= 0.3 is 0 Å². The lowest BCUT2D eigenvalue weighted by Gasteiger charge is -2.02. The Kier molecular flexibility index (Phi) is 3.06. The summed E-state index contributed by atoms with van der Waals surface area (Å²) in [4.78, 5) is 1.03. The average molecular weight is 329 g/mol. The van der Waals surface area contributed by atoms with Crippen LogP contribution in [0.4, 0.5) is 0 Å². The van der Waals surface area contributed by atoms with Crippen molar-refractivity contribution in [1.82, 2.24) is 0 Å². The van der Waals surface area contributed by atoms with Crippen molar-refractivity contribution in [1.29, 1.82) is 0 Å². The lowest BCUT2D eigenvalue weighted by Crippen LogP contribution is -1.82. The molecule has 0 saturated heterocycles. The Hall–Kier alpha value is 0.780. The number of thiol groups is 1. The monoisotopic (exact) mass is 328 g/mol. The number of hydrogen-bond acceptors (Lipinski definition) is 1. The molecule has 0 fully saturated rings. The highest BCUT2D eigenvalue weighted by molar-refractivity contribution is 14.1. The number of hydrogen-bond donors (Lipinski definition) is 1. The van der Waals surface area contributed by atoms with Gasteiger partial charge in [0.15, 0.2) is 0 Å². The topological polar surface area (TPSA) is 0 Å². The fourth-order valence-corrected chi connectivity index (χ4v) is 1.93. The zero-order valence-corrected chi connectivity index (χ0v) is 10.00. The van der Waals surface area contributed by atoms with E-state index in [9.17, 15) is 0 Å². The molecule has 0 aliphatic heterocycles. The molecule has 0 spiro atoms. The normalized spacial score (nSPS) is 10.0. The number of halogens is 2. The summed E-state index contributed by atoms with van der Waals surface area (Å²) in [5.74, 6) is 0. The molecule has 54 valence electrons. The van der Waals surface area contributed by atoms with E-state index in [0.29, 0.717) is 0 Å². The second-order valence-electron chi connectivity index (χ2n) is 2.00. The molecule has 0 unspecified atom stereocenters. The predicted molar refractivity (Wildman–Crippen MR) is 58.8 cm³/mol. The Labute approximate surface area is 88.1 Å². The highest BCUT2D eigenvalue weighted by Crippen LogP contribution is 2.27. The van der Waals surface area contributed by atoms with Crippen molar-refractivity contribution < 1.29 is 0 Å². The van der Waals surface area contributed by atoms with Crippen molar-refractivity contribution in [3.63, 3.8) is 0 Å². The van der Waals surface area contributed by atoms with Crippen molar-refractivity contribution >= 4 is 51.1 Å². The molecule has 0 aliphatic carbocycles. The van der Waals surface area contributed by atoms with Gasteiger partial charge in [0, 0.05) is 12.9 Å². The maximum atomic E-state index is 4.33. The van der Waals surface area contributed by atoms with Gasteiger partial charge in [-0.3, -0.25) is 0 Å². The molecule has 3 heteroatoms. The van der Waals surface area contributed by atoms with Gasteiger partial charge in [0.05, 0.1) is 0 Å². The zero-order chi connectivity index (χ0) is 7.72. The molecule has 0 bridgehead atoms. The molecule has 0 saturated carbocycles. The standard InChI is InChI=1S/C7H6BrIS/c1-4-6(9)3-2-5(8)7(4)10/h2-3,10H,1H3. The minimum absolute atomic E-state index is 1.03. The minimum Gasteiger partial charge on any atom is -0.142 e. The van der Waals surface area contributed by atoms with Gasteiger partial charge in [-0.15, -0.1) is 12.6 Å². The van der Waals surface area contributed by atoms with Crippen LogP contribution in [0, 0.1) is 10.5 Å². The third-order valence-corrected chi connectivity index (χ3v) is 4.03. The van der Waals surface area contributed by atoms with E-state index in [2.05, 4.69) is 64.1 Å². The van der Waals surface area contributed by atoms with E-state index in [1.807, 2.05) is 6.07 Å². The lowest BCUT2D eigenvalue weighted by molar-refractivity contribution is 1.25. The second kappa shape index (κ2) is 3.45. The largest absolute Gasteiger partial charge is 0.142 e. The average Bonchev–Trinajstić information content (AvgIpc) is 1.93. The van der Waals surface area contributed by atoms with Crippen LogP contribution in [0.2, 0.25) is 0 Å². The molecular weight excluding hydrogens is 323 g/mol. The maximum absolute atomic E-state index is 4.33. The van der Waals surface area contributed by atoms with Crippen LogP contribution >= 0.6 is 51.1 Å². The first-order valence-electron chi connectivity index (χ1n) is 2.76. The summed E-state index contributed by atoms with van der Waals surface area (Å²) < 4.78 is 2.32. The minimum atomic E-state index is 1.03. The van der Waals surface area contributed by atoms with Crippen molar-refractivity contribution in [2.45, 2.75) is 11.8 Å². The Morgan fingerprint density at radius 3 is 2.60 bits per heavy atom. The van der Waals surface area contributed by atoms with Gasteiger partial charge in [0.2, 0.25) is 0 Å². The van der Waals surface area contributed by atoms with Crippen LogP contribution < -0.4 is 0 Å². The smallest absolute Gasteiger partial charge is 0.0312 e. The number of benzene rings is 1. The van der Waals surface area contributed by atoms with Crippen molar-refractivity contribution in [2.75, 3.05) is 0 Å². The summed E-state index contributed by atoms with van der Waals surface area (Å²) in [6.07, 6.45) is 0. The molecule has 1 rings (SSSR count). The van der Waals surface area contributed by atoms with Crippen molar-refractivity contribution in [3.05, 3.63) is 25.7 Å². The van der Waals surface area contributed by atoms with Crippen LogP contribution in [0.1, 0.15) is 5.56 Å². The lowest BCUT2D eigenvalue weighted by atomic mass is 10.2. The molecule has 0 aromatic heterocycles. The van der Waals surface area contributed by atoms with Gasteiger partial charge in [0.25, 0.3) is 0 Å². The van der Waals surface area contributed by atoms with E-state index in [1.54, 1.807) is 0 Å². The highest BCUT2D eigenvalue weighted by atomic mass is 127. The van der Waals surface area contributed by atoms with Crippen LogP contribution in [0.3, 0.4) is 0 Å². The summed E-state index contributed by atoms with van der Waals surface area (Å²) in [6, 6.07) is 4.08. The van der Waals surface area contributed by atoms with Crippen LogP contribution in [-0.4, -0.2) is 0 Å². The molecule has 0 N–H and O–H groups in total. The maximum Gasteiger partial charge on any atom is 0.0312 e. The molecule has 1 aromatic carbocycles. The molecule has 0 amide bonds. The first kappa shape index (κ1) is 8.87. The van der Waals surface area contributed by atoms with Gasteiger partial charge in [-0.2, -0.15) is 0 Å². The zero-order valence-electron chi connectivity index (χ0n) is 5.36. The van der Waals surface area contributed by atoms with Crippen molar-refractivity contribution in [3.8, 4) is 0 Å². The Morgan fingerprint density at radius 1 is 1.50 bits per heavy atom. The van der Waals surface area contributed by atoms with E-state index in [0.717, 1.165) is 9.37 Å². The predicted octanol–water partition coefficient (Wildman–Crippen LogP) is 3.65. The molecule has 0 aliphatic rings. The van der Waals surface area contributed by atoms with Crippen LogP contribution in [0.25, 0.3) is 0 Å². The SMILES string of the molecule is Cc1c(I)ccc(Br)c1S. The number of rotatable bonds is 0. The second-order valence-corrected chi connectivity index (χ2v) is 4.47. The molecule has 0 atom stereocenters. The fourth-order valence-electron chi connectivity index (χ4n) is 0.642. The third-order valence-electron chi connectivity index (χ3n) is 1.32. The van der Waals surface area contributed by atoms with Gasteiger partial charge in [-0.25, -0.2) is 0 Å². The molecule has 10 heavy (non-hydrogen) atoms. The summed E-state index contributed by atoms with van der Waals surface area (Å²) in [6.45, 7) is 2.06. The molecule has 0 nitrogen and oxygen atoms in total. The Balaban J connectivity index is 3.34. The van der Waals surface area contributed by atoms with E-state index in [1.165, 1.54) is 9.13 Å². The van der Waals surface area contributed by atoms with Crippen LogP contribution in [-0.2, 0) is 0 Å². The van der Waals surface area contributed by atoms with Crippen molar-refractivity contribution in [2.24, 2.45) is 0 Å². The van der Waals surface area contributed by atoms with Gasteiger partial charge in [-0.1, -0.05) is 0 Å². The third kappa shape index (κ3) is 1.68. The van der Waals surface area contributed by atoms with Gasteiger partial charge in [-0.05, 0) is 63.1 Å². The van der Waals surface area contributed by atoms with Crippen LogP contribution in [0.5, 0.6) is 0 Å².